The standard InChI is InChI=1S/C13H18N2O3S/c16-12(17)6-7-14-13(18)15-8-11(9-19)10-4-2-1-3-5-10/h1-5,11,19H,6-9H2,(H,16,17)(H2,14,15,18). The first-order valence-corrected chi connectivity index (χ1v) is 6.66. The molecule has 1 atom stereocenters. The van der Waals surface area contributed by atoms with Gasteiger partial charge in [0.15, 0.2) is 0 Å². The summed E-state index contributed by atoms with van der Waals surface area (Å²) in [6.45, 7) is 0.588. The van der Waals surface area contributed by atoms with Crippen LogP contribution in [0.1, 0.15) is 17.9 Å². The van der Waals surface area contributed by atoms with E-state index in [0.717, 1.165) is 5.56 Å². The van der Waals surface area contributed by atoms with Crippen molar-refractivity contribution in [1.29, 1.82) is 0 Å². The van der Waals surface area contributed by atoms with Gasteiger partial charge in [0.2, 0.25) is 0 Å². The number of hydrogen-bond donors (Lipinski definition) is 4. The molecular formula is C13H18N2O3S. The van der Waals surface area contributed by atoms with Gasteiger partial charge < -0.3 is 15.7 Å². The van der Waals surface area contributed by atoms with E-state index in [1.54, 1.807) is 0 Å². The second-order valence-corrected chi connectivity index (χ2v) is 4.44. The predicted molar refractivity (Wildman–Crippen MR) is 76.7 cm³/mol. The molecule has 0 saturated carbocycles. The molecule has 1 unspecified atom stereocenters. The van der Waals surface area contributed by atoms with Crippen LogP contribution in [-0.4, -0.2) is 35.9 Å². The first-order chi connectivity index (χ1) is 9.13. The van der Waals surface area contributed by atoms with E-state index in [1.165, 1.54) is 0 Å². The molecule has 5 nitrogen and oxygen atoms in total. The topological polar surface area (TPSA) is 78.4 Å². The molecule has 0 aliphatic rings. The van der Waals surface area contributed by atoms with Gasteiger partial charge in [0, 0.05) is 19.0 Å². The average Bonchev–Trinajstić information content (AvgIpc) is 2.40. The van der Waals surface area contributed by atoms with Gasteiger partial charge in [-0.15, -0.1) is 0 Å². The fourth-order valence-electron chi connectivity index (χ4n) is 1.57. The summed E-state index contributed by atoms with van der Waals surface area (Å²) in [7, 11) is 0. The maximum atomic E-state index is 11.4. The van der Waals surface area contributed by atoms with E-state index in [0.29, 0.717) is 12.3 Å². The Kier molecular flexibility index (Phi) is 6.81. The van der Waals surface area contributed by atoms with Gasteiger partial charge in [-0.25, -0.2) is 4.79 Å². The Hall–Kier alpha value is -1.69. The highest BCUT2D eigenvalue weighted by atomic mass is 32.1. The van der Waals surface area contributed by atoms with Crippen LogP contribution in [0, 0.1) is 0 Å². The number of urea groups is 1. The zero-order valence-corrected chi connectivity index (χ0v) is 11.4. The smallest absolute Gasteiger partial charge is 0.314 e. The Morgan fingerprint density at radius 1 is 1.21 bits per heavy atom. The molecule has 104 valence electrons. The lowest BCUT2D eigenvalue weighted by Crippen LogP contribution is -2.39. The van der Waals surface area contributed by atoms with Crippen LogP contribution in [-0.2, 0) is 4.79 Å². The molecular weight excluding hydrogens is 264 g/mol. The second-order valence-electron chi connectivity index (χ2n) is 4.07. The van der Waals surface area contributed by atoms with Crippen LogP contribution in [0.15, 0.2) is 30.3 Å². The summed E-state index contributed by atoms with van der Waals surface area (Å²) in [5.41, 5.74) is 1.11. The molecule has 1 aromatic rings. The maximum Gasteiger partial charge on any atom is 0.314 e. The van der Waals surface area contributed by atoms with Crippen molar-refractivity contribution in [2.45, 2.75) is 12.3 Å². The molecule has 0 heterocycles. The Bertz CT molecular complexity index is 412. The summed E-state index contributed by atoms with van der Waals surface area (Å²) in [5.74, 6) is -0.174. The number of thiol groups is 1. The number of carboxylic acid groups (broad SMARTS) is 1. The molecule has 0 fully saturated rings. The molecule has 0 aromatic heterocycles. The van der Waals surface area contributed by atoms with Crippen molar-refractivity contribution in [2.75, 3.05) is 18.8 Å². The van der Waals surface area contributed by atoms with E-state index < -0.39 is 5.97 Å². The molecule has 0 radical (unpaired) electrons. The maximum absolute atomic E-state index is 11.4. The lowest BCUT2D eigenvalue weighted by molar-refractivity contribution is -0.136. The highest BCUT2D eigenvalue weighted by Gasteiger charge is 2.10. The lowest BCUT2D eigenvalue weighted by atomic mass is 10.0. The third kappa shape index (κ3) is 6.15. The van der Waals surface area contributed by atoms with E-state index in [2.05, 4.69) is 23.3 Å². The number of carboxylic acids is 1. The van der Waals surface area contributed by atoms with E-state index in [9.17, 15) is 9.59 Å². The minimum absolute atomic E-state index is 0.0812. The van der Waals surface area contributed by atoms with Crippen LogP contribution in [0.2, 0.25) is 0 Å². The summed E-state index contributed by atoms with van der Waals surface area (Å²) in [6.07, 6.45) is -0.0812. The molecule has 1 aromatic carbocycles. The minimum Gasteiger partial charge on any atom is -0.481 e. The van der Waals surface area contributed by atoms with Crippen LogP contribution in [0.4, 0.5) is 4.79 Å². The molecule has 0 aliphatic heterocycles. The Balaban J connectivity index is 2.33. The largest absolute Gasteiger partial charge is 0.481 e. The normalized spacial score (nSPS) is 11.6. The molecule has 0 bridgehead atoms. The minimum atomic E-state index is -0.933. The van der Waals surface area contributed by atoms with Crippen LogP contribution >= 0.6 is 12.6 Å². The van der Waals surface area contributed by atoms with Crippen LogP contribution < -0.4 is 10.6 Å². The molecule has 0 saturated heterocycles. The molecule has 0 aliphatic carbocycles. The first-order valence-electron chi connectivity index (χ1n) is 6.02. The SMILES string of the molecule is O=C(O)CCNC(=O)NCC(CS)c1ccccc1. The van der Waals surface area contributed by atoms with Gasteiger partial charge >= 0.3 is 12.0 Å². The number of benzene rings is 1. The van der Waals surface area contributed by atoms with Gasteiger partial charge in [-0.2, -0.15) is 12.6 Å². The van der Waals surface area contributed by atoms with Crippen molar-refractivity contribution < 1.29 is 14.7 Å². The number of nitrogens with one attached hydrogen (secondary N) is 2. The number of rotatable bonds is 7. The molecule has 2 amide bonds. The predicted octanol–water partition coefficient (Wildman–Crippen LogP) is 1.47. The van der Waals surface area contributed by atoms with Crippen LogP contribution in [0.5, 0.6) is 0 Å². The summed E-state index contributed by atoms with van der Waals surface area (Å²) in [4.78, 5) is 21.7. The second kappa shape index (κ2) is 8.42. The van der Waals surface area contributed by atoms with Crippen LogP contribution in [0.25, 0.3) is 0 Å². The molecule has 6 heteroatoms. The highest BCUT2D eigenvalue weighted by molar-refractivity contribution is 7.80. The lowest BCUT2D eigenvalue weighted by Gasteiger charge is -2.16. The van der Waals surface area contributed by atoms with Gasteiger partial charge in [0.1, 0.15) is 0 Å². The third-order valence-electron chi connectivity index (χ3n) is 2.62. The first kappa shape index (κ1) is 15.4. The number of amides is 2. The summed E-state index contributed by atoms with van der Waals surface area (Å²) in [5, 5.41) is 13.7. The summed E-state index contributed by atoms with van der Waals surface area (Å²) < 4.78 is 0. The van der Waals surface area contributed by atoms with E-state index in [-0.39, 0.29) is 24.9 Å². The molecule has 0 spiro atoms. The fourth-order valence-corrected chi connectivity index (χ4v) is 1.91. The van der Waals surface area contributed by atoms with E-state index in [4.69, 9.17) is 5.11 Å². The Morgan fingerprint density at radius 3 is 2.47 bits per heavy atom. The van der Waals surface area contributed by atoms with Crippen molar-refractivity contribution in [1.82, 2.24) is 10.6 Å². The quantitative estimate of drug-likeness (QED) is 0.572. The summed E-state index contributed by atoms with van der Waals surface area (Å²) >= 11 is 4.28. The molecule has 3 N–H and O–H groups in total. The third-order valence-corrected chi connectivity index (χ3v) is 3.07. The van der Waals surface area contributed by atoms with E-state index >= 15 is 0 Å². The summed E-state index contributed by atoms with van der Waals surface area (Å²) in [6, 6.07) is 9.45. The average molecular weight is 282 g/mol. The Morgan fingerprint density at radius 2 is 1.89 bits per heavy atom. The zero-order chi connectivity index (χ0) is 14.1. The van der Waals surface area contributed by atoms with Gasteiger partial charge in [-0.1, -0.05) is 30.3 Å². The highest BCUT2D eigenvalue weighted by Crippen LogP contribution is 2.15. The number of carbonyl (C=O) groups is 2. The van der Waals surface area contributed by atoms with Crippen molar-refractivity contribution in [3.63, 3.8) is 0 Å². The number of carbonyl (C=O) groups excluding carboxylic acids is 1. The molecule has 19 heavy (non-hydrogen) atoms. The number of hydrogen-bond acceptors (Lipinski definition) is 3. The van der Waals surface area contributed by atoms with Gasteiger partial charge in [-0.05, 0) is 11.3 Å². The molecule has 1 rings (SSSR count). The zero-order valence-electron chi connectivity index (χ0n) is 10.5. The van der Waals surface area contributed by atoms with Crippen LogP contribution in [0.3, 0.4) is 0 Å². The van der Waals surface area contributed by atoms with Gasteiger partial charge in [0.25, 0.3) is 0 Å². The van der Waals surface area contributed by atoms with E-state index in [1.807, 2.05) is 30.3 Å². The van der Waals surface area contributed by atoms with Crippen molar-refractivity contribution in [3.05, 3.63) is 35.9 Å². The van der Waals surface area contributed by atoms with Gasteiger partial charge in [-0.3, -0.25) is 4.79 Å². The number of aliphatic carboxylic acids is 1. The Labute approximate surface area is 117 Å². The van der Waals surface area contributed by atoms with Gasteiger partial charge in [0.05, 0.1) is 6.42 Å². The van der Waals surface area contributed by atoms with Crippen molar-refractivity contribution in [2.24, 2.45) is 0 Å². The van der Waals surface area contributed by atoms with Crippen molar-refractivity contribution >= 4 is 24.6 Å². The fraction of sp³-hybridized carbons (Fsp3) is 0.385. The van der Waals surface area contributed by atoms with Crippen molar-refractivity contribution in [3.8, 4) is 0 Å². The monoisotopic (exact) mass is 282 g/mol.